The fourth-order valence-corrected chi connectivity index (χ4v) is 4.01. The highest BCUT2D eigenvalue weighted by Crippen LogP contribution is 2.34. The number of esters is 1. The van der Waals surface area contributed by atoms with Crippen molar-refractivity contribution in [2.45, 2.75) is 25.8 Å². The summed E-state index contributed by atoms with van der Waals surface area (Å²) in [6.45, 7) is 2.95. The van der Waals surface area contributed by atoms with E-state index in [1.54, 1.807) is 13.8 Å². The van der Waals surface area contributed by atoms with Crippen LogP contribution in [0.15, 0.2) is 71.0 Å². The minimum atomic E-state index is -1.02. The predicted octanol–water partition coefficient (Wildman–Crippen LogP) is 4.54. The van der Waals surface area contributed by atoms with E-state index in [0.29, 0.717) is 5.56 Å². The summed E-state index contributed by atoms with van der Waals surface area (Å²) in [6, 6.07) is 9.15. The standard InChI is InChI=1S/C29H26ClF2N5O5/c1-14(2)25(33)29(40)41-13-20-23(26(38)18(12-36-20)15-3-5-16(31)6-4-15)28(39)37-17-7-8-21(19(32)11-17)42-22-9-10-35-27(34)24(22)30/h3-12,14,18,25H,13,33H2,1-2H3,(H2,34,35)(H,37,39)/t18-,25?/m1/s1. The van der Waals surface area contributed by atoms with E-state index in [1.165, 1.54) is 54.9 Å². The fourth-order valence-electron chi connectivity index (χ4n) is 3.86. The number of nitrogen functional groups attached to an aromatic ring is 1. The Labute approximate surface area is 244 Å². The maximum absolute atomic E-state index is 14.9. The second-order valence-electron chi connectivity index (χ2n) is 9.58. The van der Waals surface area contributed by atoms with Crippen molar-refractivity contribution >= 4 is 47.0 Å². The van der Waals surface area contributed by atoms with Gasteiger partial charge in [-0.3, -0.25) is 19.4 Å². The van der Waals surface area contributed by atoms with Gasteiger partial charge in [-0.1, -0.05) is 37.6 Å². The number of nitrogens with one attached hydrogen (secondary N) is 1. The second kappa shape index (κ2) is 12.9. The van der Waals surface area contributed by atoms with Gasteiger partial charge >= 0.3 is 5.97 Å². The molecule has 0 saturated heterocycles. The Bertz CT molecular complexity index is 1590. The molecule has 1 aliphatic heterocycles. The molecule has 218 valence electrons. The van der Waals surface area contributed by atoms with E-state index in [0.717, 1.165) is 6.07 Å². The molecule has 3 aromatic rings. The van der Waals surface area contributed by atoms with E-state index < -0.39 is 53.4 Å². The Morgan fingerprint density at radius 1 is 1.10 bits per heavy atom. The van der Waals surface area contributed by atoms with Crippen LogP contribution in [0.25, 0.3) is 0 Å². The molecule has 13 heteroatoms. The number of hydrogen-bond donors (Lipinski definition) is 3. The first-order chi connectivity index (χ1) is 20.0. The number of aliphatic imine (C=N–C) groups is 1. The number of amides is 1. The maximum Gasteiger partial charge on any atom is 0.323 e. The van der Waals surface area contributed by atoms with Crippen LogP contribution in [0, 0.1) is 17.6 Å². The number of benzene rings is 2. The van der Waals surface area contributed by atoms with Crippen LogP contribution in [0.4, 0.5) is 20.3 Å². The molecular weight excluding hydrogens is 572 g/mol. The smallest absolute Gasteiger partial charge is 0.323 e. The van der Waals surface area contributed by atoms with E-state index in [9.17, 15) is 23.2 Å². The summed E-state index contributed by atoms with van der Waals surface area (Å²) in [5.74, 6) is -5.11. The molecule has 1 aromatic heterocycles. The molecule has 10 nitrogen and oxygen atoms in total. The van der Waals surface area contributed by atoms with Crippen molar-refractivity contribution < 1.29 is 32.6 Å². The number of ketones is 1. The highest BCUT2D eigenvalue weighted by molar-refractivity contribution is 6.34. The zero-order valence-electron chi connectivity index (χ0n) is 22.4. The van der Waals surface area contributed by atoms with Crippen LogP contribution in [-0.4, -0.2) is 41.5 Å². The van der Waals surface area contributed by atoms with Crippen LogP contribution >= 0.6 is 11.6 Å². The Hall–Kier alpha value is -4.68. The molecular formula is C29H26ClF2N5O5. The fraction of sp³-hybridized carbons (Fsp3) is 0.207. The van der Waals surface area contributed by atoms with Gasteiger partial charge in [-0.15, -0.1) is 0 Å². The molecule has 1 amide bonds. The largest absolute Gasteiger partial charge is 0.458 e. The number of carbonyl (C=O) groups excluding carboxylic acids is 3. The molecule has 0 saturated carbocycles. The third-order valence-electron chi connectivity index (χ3n) is 6.29. The summed E-state index contributed by atoms with van der Waals surface area (Å²) in [5, 5.41) is 2.46. The normalized spacial score (nSPS) is 15.5. The van der Waals surface area contributed by atoms with Gasteiger partial charge < -0.3 is 26.3 Å². The molecule has 0 bridgehead atoms. The van der Waals surface area contributed by atoms with Crippen LogP contribution < -0.4 is 21.5 Å². The van der Waals surface area contributed by atoms with E-state index in [1.807, 2.05) is 0 Å². The van der Waals surface area contributed by atoms with Gasteiger partial charge in [0.05, 0.1) is 11.6 Å². The van der Waals surface area contributed by atoms with Crippen LogP contribution in [0.2, 0.25) is 5.02 Å². The lowest BCUT2D eigenvalue weighted by atomic mass is 9.88. The Morgan fingerprint density at radius 2 is 1.81 bits per heavy atom. The van der Waals surface area contributed by atoms with Gasteiger partial charge in [0.1, 0.15) is 34.9 Å². The molecule has 2 atom stereocenters. The summed E-state index contributed by atoms with van der Waals surface area (Å²) in [4.78, 5) is 47.3. The lowest BCUT2D eigenvalue weighted by molar-refractivity contribution is -0.145. The van der Waals surface area contributed by atoms with Gasteiger partial charge in [-0.2, -0.15) is 0 Å². The molecule has 0 fully saturated rings. The van der Waals surface area contributed by atoms with Gasteiger partial charge in [-0.05, 0) is 35.7 Å². The van der Waals surface area contributed by atoms with Crippen molar-refractivity contribution in [1.82, 2.24) is 4.98 Å². The number of aromatic nitrogens is 1. The van der Waals surface area contributed by atoms with E-state index in [2.05, 4.69) is 15.3 Å². The van der Waals surface area contributed by atoms with Gasteiger partial charge in [0.25, 0.3) is 5.91 Å². The second-order valence-corrected chi connectivity index (χ2v) is 9.96. The molecule has 5 N–H and O–H groups in total. The summed E-state index contributed by atoms with van der Waals surface area (Å²) in [7, 11) is 0. The minimum absolute atomic E-state index is 0.00171. The number of hydrogen-bond acceptors (Lipinski definition) is 9. The van der Waals surface area contributed by atoms with Gasteiger partial charge in [-0.25, -0.2) is 13.8 Å². The molecule has 0 spiro atoms. The number of ether oxygens (including phenoxy) is 2. The average Bonchev–Trinajstić information content (AvgIpc) is 2.95. The molecule has 2 aromatic carbocycles. The summed E-state index contributed by atoms with van der Waals surface area (Å²) in [5.41, 5.74) is 11.3. The first-order valence-electron chi connectivity index (χ1n) is 12.6. The van der Waals surface area contributed by atoms with E-state index >= 15 is 0 Å². The first kappa shape index (κ1) is 30.3. The molecule has 4 rings (SSSR count). The van der Waals surface area contributed by atoms with Crippen LogP contribution in [-0.2, 0) is 19.1 Å². The topological polar surface area (TPSA) is 159 Å². The van der Waals surface area contributed by atoms with Crippen LogP contribution in [0.5, 0.6) is 11.5 Å². The minimum Gasteiger partial charge on any atom is -0.458 e. The monoisotopic (exact) mass is 597 g/mol. The third kappa shape index (κ3) is 6.78. The third-order valence-corrected chi connectivity index (χ3v) is 6.66. The first-order valence-corrected chi connectivity index (χ1v) is 13.0. The molecule has 0 radical (unpaired) electrons. The number of anilines is 2. The number of carbonyl (C=O) groups is 3. The Kier molecular flexibility index (Phi) is 9.28. The highest BCUT2D eigenvalue weighted by atomic mass is 35.5. The van der Waals surface area contributed by atoms with E-state index in [4.69, 9.17) is 32.5 Å². The van der Waals surface area contributed by atoms with Gasteiger partial charge in [0.15, 0.2) is 23.1 Å². The predicted molar refractivity (Wildman–Crippen MR) is 152 cm³/mol. The number of nitrogens with zero attached hydrogens (tertiary/aromatic N) is 2. The van der Waals surface area contributed by atoms with Crippen LogP contribution in [0.3, 0.4) is 0 Å². The number of halogens is 3. The zero-order chi connectivity index (χ0) is 30.6. The summed E-state index contributed by atoms with van der Waals surface area (Å²) in [6.07, 6.45) is 2.62. The zero-order valence-corrected chi connectivity index (χ0v) is 23.2. The number of Topliss-reactive ketones (excluding diaryl/α,β-unsaturated/α-hetero) is 1. The number of pyridine rings is 1. The molecule has 2 heterocycles. The number of nitrogens with two attached hydrogens (primary N) is 2. The van der Waals surface area contributed by atoms with Crippen molar-refractivity contribution in [3.05, 3.63) is 88.2 Å². The Morgan fingerprint density at radius 3 is 2.48 bits per heavy atom. The lowest BCUT2D eigenvalue weighted by Gasteiger charge is -2.21. The maximum atomic E-state index is 14.9. The quantitative estimate of drug-likeness (QED) is 0.239. The van der Waals surface area contributed by atoms with Gasteiger partial charge in [0.2, 0.25) is 0 Å². The molecule has 1 unspecified atom stereocenters. The van der Waals surface area contributed by atoms with Crippen LogP contribution in [0.1, 0.15) is 25.3 Å². The van der Waals surface area contributed by atoms with Crippen molar-refractivity contribution in [2.75, 3.05) is 17.7 Å². The SMILES string of the molecule is CC(C)C(N)C(=O)OCC1=C(C(=O)Nc2ccc(Oc3ccnc(N)c3Cl)c(F)c2)C(=O)[C@@H](c2ccc(F)cc2)C=N1. The number of rotatable bonds is 9. The van der Waals surface area contributed by atoms with E-state index in [-0.39, 0.29) is 39.6 Å². The van der Waals surface area contributed by atoms with Crippen molar-refractivity contribution in [3.63, 3.8) is 0 Å². The highest BCUT2D eigenvalue weighted by Gasteiger charge is 2.34. The average molecular weight is 598 g/mol. The summed E-state index contributed by atoms with van der Waals surface area (Å²) >= 11 is 6.05. The lowest BCUT2D eigenvalue weighted by Crippen LogP contribution is -2.37. The van der Waals surface area contributed by atoms with Crippen molar-refractivity contribution in [2.24, 2.45) is 16.6 Å². The molecule has 0 aliphatic carbocycles. The molecule has 42 heavy (non-hydrogen) atoms. The summed E-state index contributed by atoms with van der Waals surface area (Å²) < 4.78 is 39.1. The van der Waals surface area contributed by atoms with Gasteiger partial charge in [0, 0.05) is 30.2 Å². The Balaban J connectivity index is 1.59. The van der Waals surface area contributed by atoms with Crippen molar-refractivity contribution in [3.8, 4) is 11.5 Å². The molecule has 1 aliphatic rings. The van der Waals surface area contributed by atoms with Crippen molar-refractivity contribution in [1.29, 1.82) is 0 Å².